The molecule has 21 heavy (non-hydrogen) atoms. The standard InChI is InChI=1S/C13H16F2N2O4/c14-6-9(16)11(15)12(19)17-10(13(20)21)5-7-1-3-8(18)4-2-7/h1-4,9-11,18H,5-6,16H2,(H,17,19)(H,20,21). The fraction of sp³-hybridized carbons (Fsp3) is 0.385. The number of hydrogen-bond donors (Lipinski definition) is 4. The molecular formula is C13H16F2N2O4. The third kappa shape index (κ3) is 4.99. The number of nitrogens with two attached hydrogens (primary N) is 1. The molecule has 3 atom stereocenters. The number of phenols is 1. The Hall–Kier alpha value is -2.22. The highest BCUT2D eigenvalue weighted by Crippen LogP contribution is 2.11. The van der Waals surface area contributed by atoms with Gasteiger partial charge in [-0.05, 0) is 17.7 Å². The van der Waals surface area contributed by atoms with Gasteiger partial charge in [0.15, 0.2) is 6.17 Å². The SMILES string of the molecule is NC(CF)C(F)C(=O)NC(Cc1ccc(O)cc1)C(=O)O. The molecule has 5 N–H and O–H groups in total. The number of rotatable bonds is 7. The number of benzene rings is 1. The summed E-state index contributed by atoms with van der Waals surface area (Å²) in [4.78, 5) is 22.5. The number of carboxylic acids is 1. The van der Waals surface area contributed by atoms with E-state index in [1.165, 1.54) is 24.3 Å². The van der Waals surface area contributed by atoms with E-state index in [0.29, 0.717) is 5.56 Å². The maximum atomic E-state index is 13.4. The van der Waals surface area contributed by atoms with E-state index in [-0.39, 0.29) is 12.2 Å². The number of alkyl halides is 2. The van der Waals surface area contributed by atoms with Crippen LogP contribution in [0.4, 0.5) is 8.78 Å². The van der Waals surface area contributed by atoms with E-state index < -0.39 is 36.8 Å². The molecule has 1 amide bonds. The molecule has 3 unspecified atom stereocenters. The third-order valence-corrected chi connectivity index (χ3v) is 2.80. The molecule has 0 saturated carbocycles. The lowest BCUT2D eigenvalue weighted by Crippen LogP contribution is -2.50. The monoisotopic (exact) mass is 302 g/mol. The van der Waals surface area contributed by atoms with Gasteiger partial charge in [-0.15, -0.1) is 0 Å². The molecule has 1 aromatic rings. The van der Waals surface area contributed by atoms with Crippen LogP contribution >= 0.6 is 0 Å². The Morgan fingerprint density at radius 2 is 1.86 bits per heavy atom. The van der Waals surface area contributed by atoms with Gasteiger partial charge in [0.05, 0.1) is 6.04 Å². The van der Waals surface area contributed by atoms with Crippen LogP contribution in [0.1, 0.15) is 5.56 Å². The summed E-state index contributed by atoms with van der Waals surface area (Å²) in [5.74, 6) is -2.63. The van der Waals surface area contributed by atoms with E-state index in [1.807, 2.05) is 5.32 Å². The number of carbonyl (C=O) groups excluding carboxylic acids is 1. The number of phenolic OH excluding ortho intramolecular Hbond substituents is 1. The summed E-state index contributed by atoms with van der Waals surface area (Å²) >= 11 is 0. The van der Waals surface area contributed by atoms with Crippen LogP contribution in [0, 0.1) is 0 Å². The zero-order valence-corrected chi connectivity index (χ0v) is 11.0. The van der Waals surface area contributed by atoms with Crippen LogP contribution in [0.5, 0.6) is 5.75 Å². The maximum Gasteiger partial charge on any atom is 0.326 e. The van der Waals surface area contributed by atoms with Crippen LogP contribution in [0.15, 0.2) is 24.3 Å². The molecule has 0 radical (unpaired) electrons. The van der Waals surface area contributed by atoms with Crippen LogP contribution in [0.25, 0.3) is 0 Å². The Morgan fingerprint density at radius 3 is 2.33 bits per heavy atom. The number of carbonyl (C=O) groups is 2. The van der Waals surface area contributed by atoms with Crippen molar-refractivity contribution in [1.29, 1.82) is 0 Å². The summed E-state index contributed by atoms with van der Waals surface area (Å²) in [6, 6.07) is 2.63. The van der Waals surface area contributed by atoms with Crippen molar-refractivity contribution in [2.24, 2.45) is 5.73 Å². The number of hydrogen-bond acceptors (Lipinski definition) is 4. The smallest absolute Gasteiger partial charge is 0.326 e. The quantitative estimate of drug-likeness (QED) is 0.572. The molecule has 6 nitrogen and oxygen atoms in total. The second-order valence-electron chi connectivity index (χ2n) is 4.49. The summed E-state index contributed by atoms with van der Waals surface area (Å²) in [5.41, 5.74) is 5.57. The molecule has 116 valence electrons. The van der Waals surface area contributed by atoms with Crippen LogP contribution in [0.2, 0.25) is 0 Å². The molecule has 0 heterocycles. The fourth-order valence-electron chi connectivity index (χ4n) is 1.59. The van der Waals surface area contributed by atoms with Gasteiger partial charge >= 0.3 is 5.97 Å². The van der Waals surface area contributed by atoms with Gasteiger partial charge in [-0.3, -0.25) is 4.79 Å². The first-order valence-corrected chi connectivity index (χ1v) is 6.12. The zero-order valence-electron chi connectivity index (χ0n) is 11.0. The molecular weight excluding hydrogens is 286 g/mol. The first-order chi connectivity index (χ1) is 9.85. The average molecular weight is 302 g/mol. The first kappa shape index (κ1) is 16.8. The lowest BCUT2D eigenvalue weighted by molar-refractivity contribution is -0.142. The molecule has 1 rings (SSSR count). The summed E-state index contributed by atoms with van der Waals surface area (Å²) in [7, 11) is 0. The van der Waals surface area contributed by atoms with Crippen molar-refractivity contribution >= 4 is 11.9 Å². The van der Waals surface area contributed by atoms with Crippen molar-refractivity contribution in [3.05, 3.63) is 29.8 Å². The van der Waals surface area contributed by atoms with Gasteiger partial charge in [0.2, 0.25) is 0 Å². The largest absolute Gasteiger partial charge is 0.508 e. The molecule has 0 aromatic heterocycles. The second-order valence-corrected chi connectivity index (χ2v) is 4.49. The highest BCUT2D eigenvalue weighted by atomic mass is 19.1. The highest BCUT2D eigenvalue weighted by Gasteiger charge is 2.29. The number of nitrogens with one attached hydrogen (secondary N) is 1. The molecule has 1 aromatic carbocycles. The first-order valence-electron chi connectivity index (χ1n) is 6.12. The zero-order chi connectivity index (χ0) is 16.0. The van der Waals surface area contributed by atoms with E-state index in [9.17, 15) is 18.4 Å². The summed E-state index contributed by atoms with van der Waals surface area (Å²) < 4.78 is 25.6. The Balaban J connectivity index is 2.72. The van der Waals surface area contributed by atoms with Crippen molar-refractivity contribution in [2.75, 3.05) is 6.67 Å². The normalized spacial score (nSPS) is 15.0. The number of halogens is 2. The summed E-state index contributed by atoms with van der Waals surface area (Å²) in [6.07, 6.45) is -2.43. The lowest BCUT2D eigenvalue weighted by Gasteiger charge is -2.18. The predicted molar refractivity (Wildman–Crippen MR) is 70.2 cm³/mol. The Bertz CT molecular complexity index is 495. The van der Waals surface area contributed by atoms with E-state index in [1.54, 1.807) is 0 Å². The van der Waals surface area contributed by atoms with Gasteiger partial charge in [-0.1, -0.05) is 12.1 Å². The molecule has 0 saturated heterocycles. The third-order valence-electron chi connectivity index (χ3n) is 2.80. The molecule has 0 aliphatic rings. The van der Waals surface area contributed by atoms with Crippen LogP contribution in [0.3, 0.4) is 0 Å². The fourth-order valence-corrected chi connectivity index (χ4v) is 1.59. The minimum Gasteiger partial charge on any atom is -0.508 e. The molecule has 0 spiro atoms. The van der Waals surface area contributed by atoms with Crippen molar-refractivity contribution < 1.29 is 28.6 Å². The Morgan fingerprint density at radius 1 is 1.29 bits per heavy atom. The molecule has 8 heteroatoms. The van der Waals surface area contributed by atoms with E-state index in [2.05, 4.69) is 0 Å². The molecule has 0 bridgehead atoms. The maximum absolute atomic E-state index is 13.4. The minimum absolute atomic E-state index is 0.00685. The van der Waals surface area contributed by atoms with Crippen molar-refractivity contribution in [3.8, 4) is 5.75 Å². The van der Waals surface area contributed by atoms with Crippen molar-refractivity contribution in [3.63, 3.8) is 0 Å². The lowest BCUT2D eigenvalue weighted by atomic mass is 10.1. The van der Waals surface area contributed by atoms with Crippen molar-refractivity contribution in [1.82, 2.24) is 5.32 Å². The van der Waals surface area contributed by atoms with Crippen LogP contribution in [-0.4, -0.2) is 47.0 Å². The van der Waals surface area contributed by atoms with Gasteiger partial charge in [-0.2, -0.15) is 0 Å². The van der Waals surface area contributed by atoms with Gasteiger partial charge in [0.1, 0.15) is 18.5 Å². The van der Waals surface area contributed by atoms with E-state index >= 15 is 0 Å². The summed E-state index contributed by atoms with van der Waals surface area (Å²) in [5, 5.41) is 20.1. The Labute approximate surface area is 119 Å². The minimum atomic E-state index is -2.32. The van der Waals surface area contributed by atoms with E-state index in [0.717, 1.165) is 0 Å². The molecule has 0 aliphatic heterocycles. The topological polar surface area (TPSA) is 113 Å². The summed E-state index contributed by atoms with van der Waals surface area (Å²) in [6.45, 7) is -1.23. The van der Waals surface area contributed by atoms with Gasteiger partial charge in [0.25, 0.3) is 5.91 Å². The molecule has 0 fully saturated rings. The average Bonchev–Trinajstić information content (AvgIpc) is 2.46. The second kappa shape index (κ2) is 7.53. The van der Waals surface area contributed by atoms with Crippen LogP contribution < -0.4 is 11.1 Å². The van der Waals surface area contributed by atoms with E-state index in [4.69, 9.17) is 15.9 Å². The van der Waals surface area contributed by atoms with Crippen LogP contribution in [-0.2, 0) is 16.0 Å². The number of amides is 1. The van der Waals surface area contributed by atoms with Gasteiger partial charge < -0.3 is 21.3 Å². The number of carboxylic acid groups (broad SMARTS) is 1. The van der Waals surface area contributed by atoms with Gasteiger partial charge in [0, 0.05) is 6.42 Å². The van der Waals surface area contributed by atoms with Gasteiger partial charge in [-0.25, -0.2) is 13.6 Å². The molecule has 0 aliphatic carbocycles. The van der Waals surface area contributed by atoms with Crippen molar-refractivity contribution in [2.45, 2.75) is 24.7 Å². The Kier molecular flexibility index (Phi) is 6.04. The number of aromatic hydroxyl groups is 1. The number of aliphatic carboxylic acids is 1. The highest BCUT2D eigenvalue weighted by molar-refractivity contribution is 5.86. The predicted octanol–water partition coefficient (Wildman–Crippen LogP) is 0.139.